The summed E-state index contributed by atoms with van der Waals surface area (Å²) in [6.45, 7) is 3.78. The van der Waals surface area contributed by atoms with Gasteiger partial charge in [0.1, 0.15) is 18.4 Å². The fraction of sp³-hybridized carbons (Fsp3) is 0.333. The second kappa shape index (κ2) is 7.00. The highest BCUT2D eigenvalue weighted by Gasteiger charge is 2.18. The third kappa shape index (κ3) is 3.42. The van der Waals surface area contributed by atoms with E-state index < -0.39 is 0 Å². The lowest BCUT2D eigenvalue weighted by atomic mass is 10.1. The lowest BCUT2D eigenvalue weighted by Gasteiger charge is -2.15. The minimum atomic E-state index is -0.376. The summed E-state index contributed by atoms with van der Waals surface area (Å²) in [5, 5.41) is 19.3. The van der Waals surface area contributed by atoms with E-state index >= 15 is 0 Å². The number of amides is 1. The van der Waals surface area contributed by atoms with E-state index in [9.17, 15) is 9.59 Å². The van der Waals surface area contributed by atoms with Crippen LogP contribution in [0.5, 0.6) is 0 Å². The Hall–Kier alpha value is -3.76. The highest BCUT2D eigenvalue weighted by Crippen LogP contribution is 2.16. The smallest absolute Gasteiger partial charge is 0.293 e. The zero-order valence-electron chi connectivity index (χ0n) is 16.6. The maximum atomic E-state index is 12.9. The van der Waals surface area contributed by atoms with Crippen LogP contribution in [-0.2, 0) is 11.3 Å². The highest BCUT2D eigenvalue weighted by atomic mass is 16.2. The minimum absolute atomic E-state index is 0.161. The molecule has 29 heavy (non-hydrogen) atoms. The van der Waals surface area contributed by atoms with Gasteiger partial charge in [-0.25, -0.2) is 4.68 Å². The monoisotopic (exact) mass is 395 g/mol. The van der Waals surface area contributed by atoms with Gasteiger partial charge in [-0.1, -0.05) is 13.8 Å². The topological polar surface area (TPSA) is 115 Å². The van der Waals surface area contributed by atoms with Crippen molar-refractivity contribution in [2.24, 2.45) is 0 Å². The Morgan fingerprint density at radius 1 is 1.24 bits per heavy atom. The van der Waals surface area contributed by atoms with Crippen molar-refractivity contribution in [3.05, 3.63) is 46.8 Å². The molecule has 0 aromatic carbocycles. The van der Waals surface area contributed by atoms with Crippen LogP contribution in [-0.4, -0.2) is 54.0 Å². The normalized spacial score (nSPS) is 11.5. The number of pyridine rings is 1. The number of nitrogens with one attached hydrogen (secondary N) is 1. The fourth-order valence-corrected chi connectivity index (χ4v) is 2.94. The van der Waals surface area contributed by atoms with Gasteiger partial charge in [-0.3, -0.25) is 14.0 Å². The molecule has 11 nitrogen and oxygen atoms in total. The van der Waals surface area contributed by atoms with Crippen molar-refractivity contribution in [1.82, 2.24) is 34.0 Å². The largest absolute Gasteiger partial charge is 0.346 e. The van der Waals surface area contributed by atoms with E-state index in [1.54, 1.807) is 40.0 Å². The van der Waals surface area contributed by atoms with Crippen LogP contribution in [0, 0.1) is 0 Å². The number of nitrogens with zero attached hydrogens (tertiary/aromatic N) is 8. The Balaban J connectivity index is 1.66. The Morgan fingerprint density at radius 2 is 2.03 bits per heavy atom. The molecule has 0 atom stereocenters. The highest BCUT2D eigenvalue weighted by molar-refractivity contribution is 5.90. The molecule has 0 fully saturated rings. The number of hydrogen-bond acceptors (Lipinski definition) is 7. The van der Waals surface area contributed by atoms with Gasteiger partial charge < -0.3 is 10.2 Å². The van der Waals surface area contributed by atoms with E-state index in [4.69, 9.17) is 0 Å². The van der Waals surface area contributed by atoms with Crippen LogP contribution in [0.15, 0.2) is 35.5 Å². The van der Waals surface area contributed by atoms with Gasteiger partial charge in [-0.05, 0) is 24.1 Å². The second-order valence-corrected chi connectivity index (χ2v) is 7.24. The van der Waals surface area contributed by atoms with Crippen LogP contribution < -0.4 is 15.8 Å². The van der Waals surface area contributed by atoms with Crippen LogP contribution >= 0.6 is 0 Å². The Kier molecular flexibility index (Phi) is 4.49. The van der Waals surface area contributed by atoms with E-state index in [1.165, 1.54) is 4.52 Å². The van der Waals surface area contributed by atoms with Gasteiger partial charge in [-0.2, -0.15) is 9.61 Å². The molecule has 0 radical (unpaired) electrons. The maximum Gasteiger partial charge on any atom is 0.293 e. The molecule has 0 saturated heterocycles. The third-order valence-electron chi connectivity index (χ3n) is 4.44. The quantitative estimate of drug-likeness (QED) is 0.530. The van der Waals surface area contributed by atoms with Crippen molar-refractivity contribution in [2.45, 2.75) is 26.3 Å². The van der Waals surface area contributed by atoms with Crippen LogP contribution in [0.3, 0.4) is 0 Å². The van der Waals surface area contributed by atoms with Crippen molar-refractivity contribution in [3.63, 3.8) is 0 Å². The first kappa shape index (κ1) is 18.6. The zero-order chi connectivity index (χ0) is 20.7. The van der Waals surface area contributed by atoms with Gasteiger partial charge in [0.15, 0.2) is 5.65 Å². The predicted molar refractivity (Wildman–Crippen MR) is 107 cm³/mol. The first-order valence-corrected chi connectivity index (χ1v) is 9.11. The number of fused-ring (bicyclic) bond motifs is 2. The molecule has 11 heteroatoms. The molecule has 4 aromatic heterocycles. The molecular formula is C18H21N9O2. The zero-order valence-corrected chi connectivity index (χ0v) is 16.6. The number of carbonyl (C=O) groups is 1. The Morgan fingerprint density at radius 3 is 2.76 bits per heavy atom. The molecule has 0 aliphatic rings. The number of aromatic nitrogens is 7. The SMILES string of the molecule is CC(C)c1cc2c(=O)n(CC(=O)Nc3ccc4nncn4c3)nc(N(C)C)n2n1. The van der Waals surface area contributed by atoms with Crippen molar-refractivity contribution in [3.8, 4) is 0 Å². The van der Waals surface area contributed by atoms with Crippen molar-refractivity contribution < 1.29 is 4.79 Å². The summed E-state index contributed by atoms with van der Waals surface area (Å²) in [6, 6.07) is 5.21. The van der Waals surface area contributed by atoms with Gasteiger partial charge in [0.05, 0.1) is 11.4 Å². The summed E-state index contributed by atoms with van der Waals surface area (Å²) in [5.74, 6) is 0.253. The van der Waals surface area contributed by atoms with Crippen molar-refractivity contribution >= 4 is 28.7 Å². The lowest BCUT2D eigenvalue weighted by Crippen LogP contribution is -2.33. The standard InChI is InChI=1S/C18H21N9O2/c1-11(2)13-7-14-17(29)26(23-18(24(3)4)27(14)22-13)9-16(28)20-12-5-6-15-21-19-10-25(15)8-12/h5-8,10-11H,9H2,1-4H3,(H,20,28). The molecule has 150 valence electrons. The molecule has 4 aromatic rings. The summed E-state index contributed by atoms with van der Waals surface area (Å²) < 4.78 is 4.37. The second-order valence-electron chi connectivity index (χ2n) is 7.24. The third-order valence-corrected chi connectivity index (χ3v) is 4.44. The van der Waals surface area contributed by atoms with Gasteiger partial charge in [0.25, 0.3) is 5.56 Å². The van der Waals surface area contributed by atoms with Crippen molar-refractivity contribution in [2.75, 3.05) is 24.3 Å². The number of anilines is 2. The van der Waals surface area contributed by atoms with E-state index in [-0.39, 0.29) is 23.9 Å². The summed E-state index contributed by atoms with van der Waals surface area (Å²) in [5.41, 5.74) is 2.03. The Labute approximate surface area is 165 Å². The van der Waals surface area contributed by atoms with Gasteiger partial charge in [0, 0.05) is 20.3 Å². The average Bonchev–Trinajstić information content (AvgIpc) is 3.30. The van der Waals surface area contributed by atoms with Crippen LogP contribution in [0.2, 0.25) is 0 Å². The first-order valence-electron chi connectivity index (χ1n) is 9.11. The van der Waals surface area contributed by atoms with Gasteiger partial charge >= 0.3 is 0 Å². The number of hydrogen-bond donors (Lipinski definition) is 1. The van der Waals surface area contributed by atoms with E-state index in [0.717, 1.165) is 10.4 Å². The van der Waals surface area contributed by atoms with Gasteiger partial charge in [0.2, 0.25) is 11.9 Å². The molecule has 0 saturated carbocycles. The first-order chi connectivity index (χ1) is 13.8. The fourth-order valence-electron chi connectivity index (χ4n) is 2.94. The predicted octanol–water partition coefficient (Wildman–Crippen LogP) is 0.762. The van der Waals surface area contributed by atoms with Crippen LogP contribution in [0.4, 0.5) is 11.6 Å². The summed E-state index contributed by atoms with van der Waals surface area (Å²) in [6.07, 6.45) is 3.24. The number of carbonyl (C=O) groups excluding carboxylic acids is 1. The van der Waals surface area contributed by atoms with Gasteiger partial charge in [-0.15, -0.1) is 15.3 Å². The molecule has 0 aliphatic heterocycles. The summed E-state index contributed by atoms with van der Waals surface area (Å²) in [4.78, 5) is 27.2. The van der Waals surface area contributed by atoms with E-state index in [1.807, 2.05) is 27.9 Å². The molecule has 4 heterocycles. The maximum absolute atomic E-state index is 12.9. The molecule has 0 bridgehead atoms. The summed E-state index contributed by atoms with van der Waals surface area (Å²) >= 11 is 0. The number of rotatable bonds is 5. The Bertz CT molecular complexity index is 1270. The minimum Gasteiger partial charge on any atom is -0.346 e. The average molecular weight is 395 g/mol. The molecule has 1 N–H and O–H groups in total. The molecule has 0 unspecified atom stereocenters. The molecule has 1 amide bonds. The molecular weight excluding hydrogens is 374 g/mol. The van der Waals surface area contributed by atoms with E-state index in [0.29, 0.717) is 22.8 Å². The molecule has 0 spiro atoms. The molecule has 0 aliphatic carbocycles. The van der Waals surface area contributed by atoms with Crippen molar-refractivity contribution in [1.29, 1.82) is 0 Å². The lowest BCUT2D eigenvalue weighted by molar-refractivity contribution is -0.117. The van der Waals surface area contributed by atoms with Crippen LogP contribution in [0.25, 0.3) is 11.2 Å². The van der Waals surface area contributed by atoms with E-state index in [2.05, 4.69) is 25.7 Å². The summed E-state index contributed by atoms with van der Waals surface area (Å²) in [7, 11) is 3.61. The molecule has 4 rings (SSSR count). The van der Waals surface area contributed by atoms with Crippen LogP contribution in [0.1, 0.15) is 25.5 Å².